The second-order valence-electron chi connectivity index (χ2n) is 4.48. The van der Waals surface area contributed by atoms with Gasteiger partial charge < -0.3 is 0 Å². The summed E-state index contributed by atoms with van der Waals surface area (Å²) in [6, 6.07) is 7.78. The molecular formula is C12H15NO2. The van der Waals surface area contributed by atoms with E-state index < -0.39 is 4.92 Å². The van der Waals surface area contributed by atoms with Gasteiger partial charge in [0.1, 0.15) is 0 Å². The van der Waals surface area contributed by atoms with Gasteiger partial charge in [-0.25, -0.2) is 0 Å². The summed E-state index contributed by atoms with van der Waals surface area (Å²) in [5.74, 6) is 0. The molecule has 0 spiro atoms. The van der Waals surface area contributed by atoms with E-state index in [9.17, 15) is 10.1 Å². The molecule has 0 saturated heterocycles. The highest BCUT2D eigenvalue weighted by Gasteiger charge is 2.12. The smallest absolute Gasteiger partial charge is 0.235 e. The molecule has 3 heteroatoms. The van der Waals surface area contributed by atoms with Crippen molar-refractivity contribution in [3.8, 4) is 0 Å². The molecule has 15 heavy (non-hydrogen) atoms. The molecule has 0 aromatic heterocycles. The second-order valence-corrected chi connectivity index (χ2v) is 4.48. The molecule has 0 bridgehead atoms. The molecule has 0 N–H and O–H groups in total. The molecule has 0 atom stereocenters. The van der Waals surface area contributed by atoms with Gasteiger partial charge in [0.2, 0.25) is 6.20 Å². The Morgan fingerprint density at radius 2 is 2.00 bits per heavy atom. The van der Waals surface area contributed by atoms with Crippen LogP contribution in [-0.4, -0.2) is 4.92 Å². The van der Waals surface area contributed by atoms with Crippen LogP contribution in [0.3, 0.4) is 0 Å². The van der Waals surface area contributed by atoms with E-state index in [0.29, 0.717) is 0 Å². The Hall–Kier alpha value is -1.64. The minimum Gasteiger partial charge on any atom is -0.259 e. The first-order chi connectivity index (χ1) is 6.89. The zero-order valence-corrected chi connectivity index (χ0v) is 9.23. The van der Waals surface area contributed by atoms with E-state index in [0.717, 1.165) is 11.8 Å². The van der Waals surface area contributed by atoms with Gasteiger partial charge in [0.05, 0.1) is 4.92 Å². The summed E-state index contributed by atoms with van der Waals surface area (Å²) in [5, 5.41) is 10.2. The predicted octanol–water partition coefficient (Wildman–Crippen LogP) is 3.23. The third-order valence-electron chi connectivity index (χ3n) is 2.14. The monoisotopic (exact) mass is 205 g/mol. The van der Waals surface area contributed by atoms with Crippen LogP contribution in [0.15, 0.2) is 30.5 Å². The molecule has 0 aliphatic carbocycles. The first-order valence-corrected chi connectivity index (χ1v) is 4.82. The topological polar surface area (TPSA) is 43.1 Å². The fourth-order valence-electron chi connectivity index (χ4n) is 1.26. The predicted molar refractivity (Wildman–Crippen MR) is 61.2 cm³/mol. The summed E-state index contributed by atoms with van der Waals surface area (Å²) in [4.78, 5) is 9.72. The third-order valence-corrected chi connectivity index (χ3v) is 2.14. The lowest BCUT2D eigenvalue weighted by molar-refractivity contribution is -0.400. The van der Waals surface area contributed by atoms with Crippen molar-refractivity contribution >= 4 is 6.08 Å². The Balaban J connectivity index is 2.98. The van der Waals surface area contributed by atoms with Crippen LogP contribution in [-0.2, 0) is 5.41 Å². The average Bonchev–Trinajstić information content (AvgIpc) is 2.14. The summed E-state index contributed by atoms with van der Waals surface area (Å²) < 4.78 is 0. The molecule has 0 unspecified atom stereocenters. The third kappa shape index (κ3) is 3.54. The van der Waals surface area contributed by atoms with Crippen LogP contribution in [0.25, 0.3) is 6.08 Å². The first-order valence-electron chi connectivity index (χ1n) is 4.82. The zero-order chi connectivity index (χ0) is 11.5. The summed E-state index contributed by atoms with van der Waals surface area (Å²) in [6.07, 6.45) is 2.47. The zero-order valence-electron chi connectivity index (χ0n) is 9.23. The Bertz CT molecular complexity index is 389. The standard InChI is InChI=1S/C12H15NO2/c1-12(2,3)11-6-4-5-10(9-11)7-8-13(14)15/h4-9H,1-3H3/b8-7+. The van der Waals surface area contributed by atoms with E-state index in [2.05, 4.69) is 20.8 Å². The van der Waals surface area contributed by atoms with E-state index in [1.54, 1.807) is 0 Å². The lowest BCUT2D eigenvalue weighted by Gasteiger charge is -2.19. The van der Waals surface area contributed by atoms with Crippen LogP contribution in [0.2, 0.25) is 0 Å². The van der Waals surface area contributed by atoms with Crippen molar-refractivity contribution in [2.24, 2.45) is 0 Å². The van der Waals surface area contributed by atoms with Gasteiger partial charge in [-0.05, 0) is 16.5 Å². The van der Waals surface area contributed by atoms with Crippen LogP contribution in [0.4, 0.5) is 0 Å². The lowest BCUT2D eigenvalue weighted by atomic mass is 9.86. The number of hydrogen-bond donors (Lipinski definition) is 0. The van der Waals surface area contributed by atoms with E-state index >= 15 is 0 Å². The minimum absolute atomic E-state index is 0.0679. The molecule has 0 fully saturated rings. The summed E-state index contributed by atoms with van der Waals surface area (Å²) in [5.41, 5.74) is 2.10. The van der Waals surface area contributed by atoms with Gasteiger partial charge in [0, 0.05) is 6.08 Å². The minimum atomic E-state index is -0.455. The van der Waals surface area contributed by atoms with E-state index in [4.69, 9.17) is 0 Å². The van der Waals surface area contributed by atoms with Crippen molar-refractivity contribution in [1.82, 2.24) is 0 Å². The number of hydrogen-bond acceptors (Lipinski definition) is 2. The van der Waals surface area contributed by atoms with Crippen molar-refractivity contribution in [3.63, 3.8) is 0 Å². The highest BCUT2D eigenvalue weighted by atomic mass is 16.6. The van der Waals surface area contributed by atoms with E-state index in [1.165, 1.54) is 11.6 Å². The normalized spacial score (nSPS) is 11.9. The van der Waals surface area contributed by atoms with Crippen LogP contribution in [0.1, 0.15) is 31.9 Å². The van der Waals surface area contributed by atoms with E-state index in [1.807, 2.05) is 24.3 Å². The molecule has 0 saturated carbocycles. The van der Waals surface area contributed by atoms with Gasteiger partial charge in [-0.3, -0.25) is 10.1 Å². The fourth-order valence-corrected chi connectivity index (χ4v) is 1.26. The molecule has 0 heterocycles. The Morgan fingerprint density at radius 3 is 2.53 bits per heavy atom. The van der Waals surface area contributed by atoms with Crippen molar-refractivity contribution < 1.29 is 4.92 Å². The Kier molecular flexibility index (Phi) is 3.24. The van der Waals surface area contributed by atoms with Gasteiger partial charge in [0.15, 0.2) is 0 Å². The largest absolute Gasteiger partial charge is 0.259 e. The molecule has 1 aromatic rings. The lowest BCUT2D eigenvalue weighted by Crippen LogP contribution is -2.10. The molecule has 80 valence electrons. The molecule has 3 nitrogen and oxygen atoms in total. The van der Waals surface area contributed by atoms with Crippen molar-refractivity contribution in [2.75, 3.05) is 0 Å². The van der Waals surface area contributed by atoms with Crippen molar-refractivity contribution in [1.29, 1.82) is 0 Å². The van der Waals surface area contributed by atoms with Crippen LogP contribution >= 0.6 is 0 Å². The Labute approximate surface area is 89.6 Å². The summed E-state index contributed by atoms with van der Waals surface area (Å²) in [7, 11) is 0. The van der Waals surface area contributed by atoms with Crippen molar-refractivity contribution in [2.45, 2.75) is 26.2 Å². The van der Waals surface area contributed by atoms with Gasteiger partial charge in [-0.15, -0.1) is 0 Å². The van der Waals surface area contributed by atoms with Crippen LogP contribution in [0, 0.1) is 10.1 Å². The maximum absolute atomic E-state index is 10.2. The van der Waals surface area contributed by atoms with Crippen LogP contribution < -0.4 is 0 Å². The number of nitro groups is 1. The molecule has 1 aromatic carbocycles. The average molecular weight is 205 g/mol. The molecule has 0 radical (unpaired) electrons. The second kappa shape index (κ2) is 4.26. The highest BCUT2D eigenvalue weighted by Crippen LogP contribution is 2.23. The highest BCUT2D eigenvalue weighted by molar-refractivity contribution is 5.50. The van der Waals surface area contributed by atoms with Gasteiger partial charge >= 0.3 is 0 Å². The first kappa shape index (κ1) is 11.4. The van der Waals surface area contributed by atoms with Crippen molar-refractivity contribution in [3.05, 3.63) is 51.7 Å². The SMILES string of the molecule is CC(C)(C)c1cccc(/C=C/[N+](=O)[O-])c1. The fraction of sp³-hybridized carbons (Fsp3) is 0.333. The quantitative estimate of drug-likeness (QED) is 0.549. The number of nitrogens with zero attached hydrogens (tertiary/aromatic N) is 1. The summed E-state index contributed by atoms with van der Waals surface area (Å²) >= 11 is 0. The van der Waals surface area contributed by atoms with E-state index in [-0.39, 0.29) is 5.41 Å². The number of rotatable bonds is 2. The van der Waals surface area contributed by atoms with Gasteiger partial charge in [-0.1, -0.05) is 45.0 Å². The van der Waals surface area contributed by atoms with Gasteiger partial charge in [0.25, 0.3) is 0 Å². The molecule has 0 amide bonds. The summed E-state index contributed by atoms with van der Waals surface area (Å²) in [6.45, 7) is 6.34. The molecule has 1 rings (SSSR count). The maximum atomic E-state index is 10.2. The molecular weight excluding hydrogens is 190 g/mol. The maximum Gasteiger partial charge on any atom is 0.235 e. The number of benzene rings is 1. The molecule has 0 aliphatic rings. The molecule has 0 aliphatic heterocycles. The Morgan fingerprint density at radius 1 is 1.33 bits per heavy atom. The van der Waals surface area contributed by atoms with Crippen LogP contribution in [0.5, 0.6) is 0 Å². The van der Waals surface area contributed by atoms with Gasteiger partial charge in [-0.2, -0.15) is 0 Å².